The lowest BCUT2D eigenvalue weighted by atomic mass is 10.2. The molecule has 3 rings (SSSR count). The quantitative estimate of drug-likeness (QED) is 0.526. The van der Waals surface area contributed by atoms with E-state index >= 15 is 0 Å². The maximum atomic E-state index is 10.8. The Morgan fingerprint density at radius 1 is 1.17 bits per heavy atom. The number of nitrogens with zero attached hydrogens (tertiary/aromatic N) is 2. The van der Waals surface area contributed by atoms with Crippen LogP contribution in [0.2, 0.25) is 5.02 Å². The predicted molar refractivity (Wildman–Crippen MR) is 92.1 cm³/mol. The van der Waals surface area contributed by atoms with Crippen LogP contribution in [-0.2, 0) is 4.79 Å². The normalized spacial score (nSPS) is 10.5. The van der Waals surface area contributed by atoms with Gasteiger partial charge in [0.2, 0.25) is 5.95 Å². The molecule has 1 heterocycles. The van der Waals surface area contributed by atoms with Crippen molar-refractivity contribution in [2.75, 3.05) is 17.2 Å². The van der Waals surface area contributed by atoms with E-state index in [2.05, 4.69) is 20.6 Å². The van der Waals surface area contributed by atoms with Crippen LogP contribution in [0.3, 0.4) is 0 Å². The number of hydrogen-bond donors (Lipinski definition) is 4. The van der Waals surface area contributed by atoms with E-state index in [-0.39, 0.29) is 18.2 Å². The number of hydrogen-bond acceptors (Lipinski definition) is 6. The van der Waals surface area contributed by atoms with E-state index in [0.29, 0.717) is 27.4 Å². The highest BCUT2D eigenvalue weighted by Crippen LogP contribution is 2.30. The van der Waals surface area contributed by atoms with Crippen LogP contribution >= 0.6 is 11.6 Å². The second-order valence-corrected chi connectivity index (χ2v) is 5.38. The van der Waals surface area contributed by atoms with Gasteiger partial charge in [-0.2, -0.15) is 4.98 Å². The number of benzene rings is 2. The van der Waals surface area contributed by atoms with Crippen molar-refractivity contribution < 1.29 is 15.0 Å². The molecule has 0 bridgehead atoms. The Bertz CT molecular complexity index is 917. The van der Waals surface area contributed by atoms with E-state index in [1.54, 1.807) is 24.3 Å². The monoisotopic (exact) mass is 344 g/mol. The number of carbonyl (C=O) groups is 1. The fraction of sp³-hybridized carbons (Fsp3) is 0.0625. The van der Waals surface area contributed by atoms with Crippen LogP contribution in [0, 0.1) is 0 Å². The highest BCUT2D eigenvalue weighted by Gasteiger charge is 2.10. The molecule has 3 aromatic rings. The molecule has 0 radical (unpaired) electrons. The molecule has 0 aliphatic heterocycles. The van der Waals surface area contributed by atoms with Gasteiger partial charge in [0.1, 0.15) is 18.1 Å². The molecule has 4 N–H and O–H groups in total. The minimum Gasteiger partial charge on any atom is -0.506 e. The highest BCUT2D eigenvalue weighted by atomic mass is 35.5. The first kappa shape index (κ1) is 15.8. The lowest BCUT2D eigenvalue weighted by Crippen LogP contribution is -2.14. The molecule has 0 atom stereocenters. The fourth-order valence-corrected chi connectivity index (χ4v) is 2.33. The number of aromatic hydroxyl groups is 1. The number of aromatic nitrogens is 2. The Morgan fingerprint density at radius 2 is 1.96 bits per heavy atom. The van der Waals surface area contributed by atoms with E-state index in [9.17, 15) is 9.90 Å². The summed E-state index contributed by atoms with van der Waals surface area (Å²) in [6, 6.07) is 11.8. The average Bonchev–Trinajstić information content (AvgIpc) is 2.56. The smallest absolute Gasteiger partial charge is 0.322 e. The van der Waals surface area contributed by atoms with Gasteiger partial charge in [0.25, 0.3) is 0 Å². The van der Waals surface area contributed by atoms with Crippen molar-refractivity contribution in [3.8, 4) is 5.75 Å². The van der Waals surface area contributed by atoms with Crippen LogP contribution < -0.4 is 10.6 Å². The van der Waals surface area contributed by atoms with Crippen LogP contribution in [0.25, 0.3) is 10.9 Å². The minimum absolute atomic E-state index is 0.00352. The molecule has 0 fully saturated rings. The zero-order valence-corrected chi connectivity index (χ0v) is 13.1. The lowest BCUT2D eigenvalue weighted by molar-refractivity contribution is -0.134. The van der Waals surface area contributed by atoms with Crippen molar-refractivity contribution in [2.45, 2.75) is 0 Å². The first-order chi connectivity index (χ1) is 11.5. The van der Waals surface area contributed by atoms with Crippen LogP contribution in [0.15, 0.2) is 42.5 Å². The molecule has 0 saturated heterocycles. The first-order valence-corrected chi connectivity index (χ1v) is 7.39. The van der Waals surface area contributed by atoms with Gasteiger partial charge in [-0.15, -0.1) is 0 Å². The van der Waals surface area contributed by atoms with Gasteiger partial charge in [-0.25, -0.2) is 4.98 Å². The molecule has 0 aliphatic rings. The number of carboxylic acids is 1. The largest absolute Gasteiger partial charge is 0.506 e. The first-order valence-electron chi connectivity index (χ1n) is 7.01. The van der Waals surface area contributed by atoms with E-state index < -0.39 is 5.97 Å². The van der Waals surface area contributed by atoms with Crippen LogP contribution in [0.5, 0.6) is 5.75 Å². The summed E-state index contributed by atoms with van der Waals surface area (Å²) in [4.78, 5) is 19.5. The predicted octanol–water partition coefficient (Wildman–Crippen LogP) is 3.23. The Kier molecular flexibility index (Phi) is 4.35. The standard InChI is InChI=1S/C16H13ClN4O3/c17-9-5-6-13(22)12(7-9)20-16-19-11-4-2-1-3-10(11)15(21-16)18-8-14(23)24/h1-7,22H,8H2,(H,23,24)(H2,18,19,20,21). The second kappa shape index (κ2) is 6.59. The van der Waals surface area contributed by atoms with Gasteiger partial charge < -0.3 is 20.8 Å². The molecule has 24 heavy (non-hydrogen) atoms. The fourth-order valence-electron chi connectivity index (χ4n) is 2.16. The number of rotatable bonds is 5. The molecule has 0 unspecified atom stereocenters. The SMILES string of the molecule is O=C(O)CNc1nc(Nc2cc(Cl)ccc2O)nc2ccccc12. The number of aliphatic carboxylic acids is 1. The summed E-state index contributed by atoms with van der Waals surface area (Å²) in [5.74, 6) is -0.415. The number of phenolic OH excluding ortho intramolecular Hbond substituents is 1. The van der Waals surface area contributed by atoms with Crippen molar-refractivity contribution in [2.24, 2.45) is 0 Å². The molecule has 0 spiro atoms. The summed E-state index contributed by atoms with van der Waals surface area (Å²) in [6.45, 7) is -0.275. The lowest BCUT2D eigenvalue weighted by Gasteiger charge is -2.11. The van der Waals surface area contributed by atoms with Gasteiger partial charge in [0, 0.05) is 10.4 Å². The Hall–Kier alpha value is -3.06. The molecular formula is C16H13ClN4O3. The average molecular weight is 345 g/mol. The third-order valence-corrected chi connectivity index (χ3v) is 3.45. The second-order valence-electron chi connectivity index (χ2n) is 4.95. The van der Waals surface area contributed by atoms with Crippen LogP contribution in [0.1, 0.15) is 0 Å². The third kappa shape index (κ3) is 3.47. The molecular weight excluding hydrogens is 332 g/mol. The summed E-state index contributed by atoms with van der Waals surface area (Å²) in [5.41, 5.74) is 0.978. The highest BCUT2D eigenvalue weighted by molar-refractivity contribution is 6.31. The van der Waals surface area contributed by atoms with Gasteiger partial charge in [0.05, 0.1) is 11.2 Å². The van der Waals surface area contributed by atoms with E-state index in [0.717, 1.165) is 0 Å². The van der Waals surface area contributed by atoms with Gasteiger partial charge in [-0.05, 0) is 30.3 Å². The summed E-state index contributed by atoms with van der Waals surface area (Å²) in [5, 5.41) is 25.5. The Labute approximate surface area is 141 Å². The zero-order chi connectivity index (χ0) is 17.1. The van der Waals surface area contributed by atoms with Crippen molar-refractivity contribution in [3.63, 3.8) is 0 Å². The summed E-state index contributed by atoms with van der Waals surface area (Å²) < 4.78 is 0. The molecule has 2 aromatic carbocycles. The van der Waals surface area contributed by atoms with Crippen molar-refractivity contribution in [1.29, 1.82) is 0 Å². The topological polar surface area (TPSA) is 107 Å². The zero-order valence-electron chi connectivity index (χ0n) is 12.3. The molecule has 0 saturated carbocycles. The Balaban J connectivity index is 2.01. The number of fused-ring (bicyclic) bond motifs is 1. The Morgan fingerprint density at radius 3 is 2.75 bits per heavy atom. The van der Waals surface area contributed by atoms with Crippen molar-refractivity contribution in [1.82, 2.24) is 9.97 Å². The summed E-state index contributed by atoms with van der Waals surface area (Å²) >= 11 is 5.92. The molecule has 8 heteroatoms. The van der Waals surface area contributed by atoms with Crippen LogP contribution in [0.4, 0.5) is 17.5 Å². The summed E-state index contributed by atoms with van der Waals surface area (Å²) in [7, 11) is 0. The number of halogens is 1. The maximum Gasteiger partial charge on any atom is 0.322 e. The molecule has 0 amide bonds. The number of carboxylic acid groups (broad SMARTS) is 1. The maximum absolute atomic E-state index is 10.8. The molecule has 122 valence electrons. The number of anilines is 3. The van der Waals surface area contributed by atoms with Crippen molar-refractivity contribution >= 4 is 45.9 Å². The van der Waals surface area contributed by atoms with Gasteiger partial charge in [-0.1, -0.05) is 23.7 Å². The number of nitrogens with one attached hydrogen (secondary N) is 2. The van der Waals surface area contributed by atoms with E-state index in [4.69, 9.17) is 16.7 Å². The van der Waals surface area contributed by atoms with Crippen molar-refractivity contribution in [3.05, 3.63) is 47.5 Å². The van der Waals surface area contributed by atoms with E-state index in [1.165, 1.54) is 6.07 Å². The molecule has 1 aromatic heterocycles. The van der Waals surface area contributed by atoms with Gasteiger partial charge in [-0.3, -0.25) is 4.79 Å². The number of phenols is 1. The minimum atomic E-state index is -1.00. The van der Waals surface area contributed by atoms with E-state index in [1.807, 2.05) is 12.1 Å². The summed E-state index contributed by atoms with van der Waals surface area (Å²) in [6.07, 6.45) is 0. The van der Waals surface area contributed by atoms with Crippen LogP contribution in [-0.4, -0.2) is 32.7 Å². The van der Waals surface area contributed by atoms with Gasteiger partial charge in [0.15, 0.2) is 0 Å². The molecule has 7 nitrogen and oxygen atoms in total. The third-order valence-electron chi connectivity index (χ3n) is 3.22. The van der Waals surface area contributed by atoms with Gasteiger partial charge >= 0.3 is 5.97 Å². The molecule has 0 aliphatic carbocycles. The number of para-hydroxylation sites is 1.